The number of ether oxygens (including phenoxy) is 1. The molecule has 1 atom stereocenters. The van der Waals surface area contributed by atoms with Crippen molar-refractivity contribution in [3.05, 3.63) is 41.0 Å². The van der Waals surface area contributed by atoms with Crippen molar-refractivity contribution in [2.24, 2.45) is 0 Å². The van der Waals surface area contributed by atoms with Crippen molar-refractivity contribution in [1.82, 2.24) is 9.97 Å². The minimum absolute atomic E-state index is 0.0344. The molecule has 5 nitrogen and oxygen atoms in total. The molecule has 0 spiro atoms. The number of benzene rings is 1. The number of aryl methyl sites for hydroxylation is 2. The summed E-state index contributed by atoms with van der Waals surface area (Å²) in [5, 5.41) is 4.86. The molecule has 1 amide bonds. The van der Waals surface area contributed by atoms with Gasteiger partial charge in [-0.1, -0.05) is 30.8 Å². The Morgan fingerprint density at radius 3 is 2.93 bits per heavy atom. The lowest BCUT2D eigenvalue weighted by molar-refractivity contribution is -0.115. The third-order valence-electron chi connectivity index (χ3n) is 5.00. The second kappa shape index (κ2) is 8.49. The summed E-state index contributed by atoms with van der Waals surface area (Å²) in [6.07, 6.45) is 7.01. The Morgan fingerprint density at radius 2 is 2.11 bits per heavy atom. The van der Waals surface area contributed by atoms with E-state index in [-0.39, 0.29) is 11.2 Å². The first-order chi connectivity index (χ1) is 13.7. The fourth-order valence-corrected chi connectivity index (χ4v) is 5.91. The van der Waals surface area contributed by atoms with E-state index >= 15 is 0 Å². The van der Waals surface area contributed by atoms with Crippen LogP contribution in [0.1, 0.15) is 36.6 Å². The SMILES string of the molecule is CCC(Sc1ncnc2sc3c(c12)CCCC3)C(=O)Nc1ccccc1OC. The number of nitrogens with zero attached hydrogens (tertiary/aromatic N) is 2. The van der Waals surface area contributed by atoms with Crippen LogP contribution in [0.4, 0.5) is 5.69 Å². The molecule has 0 saturated carbocycles. The molecule has 3 aromatic rings. The second-order valence-electron chi connectivity index (χ2n) is 6.77. The first kappa shape index (κ1) is 19.2. The predicted molar refractivity (Wildman–Crippen MR) is 116 cm³/mol. The van der Waals surface area contributed by atoms with Gasteiger partial charge < -0.3 is 10.1 Å². The van der Waals surface area contributed by atoms with E-state index in [0.717, 1.165) is 28.1 Å². The number of carbonyl (C=O) groups is 1. The Bertz CT molecular complexity index is 1000. The van der Waals surface area contributed by atoms with E-state index in [1.165, 1.54) is 35.0 Å². The van der Waals surface area contributed by atoms with E-state index in [1.54, 1.807) is 24.8 Å². The molecule has 4 rings (SSSR count). The minimum atomic E-state index is -0.234. The van der Waals surface area contributed by atoms with Gasteiger partial charge in [0.05, 0.1) is 18.0 Å². The zero-order valence-electron chi connectivity index (χ0n) is 16.0. The number of para-hydroxylation sites is 2. The van der Waals surface area contributed by atoms with Gasteiger partial charge >= 0.3 is 0 Å². The number of thioether (sulfide) groups is 1. The summed E-state index contributed by atoms with van der Waals surface area (Å²) >= 11 is 3.32. The van der Waals surface area contributed by atoms with Crippen molar-refractivity contribution in [2.75, 3.05) is 12.4 Å². The number of anilines is 1. The van der Waals surface area contributed by atoms with Crippen LogP contribution in [0.5, 0.6) is 5.75 Å². The molecule has 1 aliphatic carbocycles. The number of fused-ring (bicyclic) bond motifs is 3. The predicted octanol–water partition coefficient (Wildman–Crippen LogP) is 5.09. The van der Waals surface area contributed by atoms with Crippen molar-refractivity contribution in [3.8, 4) is 5.75 Å². The number of methoxy groups -OCH3 is 1. The van der Waals surface area contributed by atoms with Crippen LogP contribution >= 0.6 is 23.1 Å². The van der Waals surface area contributed by atoms with Gasteiger partial charge in [-0.2, -0.15) is 0 Å². The molecule has 1 unspecified atom stereocenters. The molecule has 2 heterocycles. The maximum atomic E-state index is 13.0. The summed E-state index contributed by atoms with van der Waals surface area (Å²) < 4.78 is 5.35. The number of amides is 1. The molecule has 0 bridgehead atoms. The summed E-state index contributed by atoms with van der Waals surface area (Å²) in [5.74, 6) is 0.625. The Kier molecular flexibility index (Phi) is 5.82. The van der Waals surface area contributed by atoms with Crippen LogP contribution < -0.4 is 10.1 Å². The molecule has 1 aromatic carbocycles. The second-order valence-corrected chi connectivity index (χ2v) is 9.05. The van der Waals surface area contributed by atoms with Crippen LogP contribution in [0, 0.1) is 0 Å². The highest BCUT2D eigenvalue weighted by Gasteiger charge is 2.25. The minimum Gasteiger partial charge on any atom is -0.495 e. The van der Waals surface area contributed by atoms with E-state index in [9.17, 15) is 4.79 Å². The largest absolute Gasteiger partial charge is 0.495 e. The number of hydrogen-bond donors (Lipinski definition) is 1. The lowest BCUT2D eigenvalue weighted by Gasteiger charge is -2.17. The van der Waals surface area contributed by atoms with Crippen LogP contribution in [0.15, 0.2) is 35.6 Å². The molecule has 28 heavy (non-hydrogen) atoms. The van der Waals surface area contributed by atoms with Crippen LogP contribution in [-0.2, 0) is 17.6 Å². The van der Waals surface area contributed by atoms with E-state index in [2.05, 4.69) is 15.3 Å². The molecular weight excluding hydrogens is 390 g/mol. The molecule has 0 aliphatic heterocycles. The molecule has 0 fully saturated rings. The average molecular weight is 414 g/mol. The van der Waals surface area contributed by atoms with Gasteiger partial charge in [-0.3, -0.25) is 4.79 Å². The van der Waals surface area contributed by atoms with Gasteiger partial charge in [0.2, 0.25) is 5.91 Å². The Balaban J connectivity index is 1.60. The third-order valence-corrected chi connectivity index (χ3v) is 7.56. The highest BCUT2D eigenvalue weighted by Crippen LogP contribution is 2.40. The van der Waals surface area contributed by atoms with E-state index in [1.807, 2.05) is 31.2 Å². The summed E-state index contributed by atoms with van der Waals surface area (Å²) in [6, 6.07) is 7.47. The smallest absolute Gasteiger partial charge is 0.238 e. The van der Waals surface area contributed by atoms with Crippen molar-refractivity contribution in [1.29, 1.82) is 0 Å². The van der Waals surface area contributed by atoms with Gasteiger partial charge in [0.1, 0.15) is 21.9 Å². The quantitative estimate of drug-likeness (QED) is 0.450. The maximum Gasteiger partial charge on any atom is 0.238 e. The zero-order chi connectivity index (χ0) is 19.5. The standard InChI is InChI=1S/C21H23N3O2S2/c1-3-16(19(25)24-14-9-5-6-10-15(14)26-2)27-20-18-13-8-4-7-11-17(13)28-21(18)23-12-22-20/h5-6,9-10,12,16H,3-4,7-8,11H2,1-2H3,(H,24,25). The van der Waals surface area contributed by atoms with Gasteiger partial charge in [-0.05, 0) is 49.8 Å². The highest BCUT2D eigenvalue weighted by atomic mass is 32.2. The molecule has 0 saturated heterocycles. The lowest BCUT2D eigenvalue weighted by atomic mass is 9.97. The van der Waals surface area contributed by atoms with Crippen molar-refractivity contribution in [2.45, 2.75) is 49.3 Å². The molecule has 2 aromatic heterocycles. The fourth-order valence-electron chi connectivity index (χ4n) is 3.57. The normalized spacial score (nSPS) is 14.5. The number of hydrogen-bond acceptors (Lipinski definition) is 6. The van der Waals surface area contributed by atoms with Crippen LogP contribution in [0.2, 0.25) is 0 Å². The maximum absolute atomic E-state index is 13.0. The molecule has 146 valence electrons. The lowest BCUT2D eigenvalue weighted by Crippen LogP contribution is -2.25. The van der Waals surface area contributed by atoms with Gasteiger partial charge in [-0.25, -0.2) is 9.97 Å². The molecule has 0 radical (unpaired) electrons. The summed E-state index contributed by atoms with van der Waals surface area (Å²) in [4.78, 5) is 24.5. The van der Waals surface area contributed by atoms with Gasteiger partial charge in [0.15, 0.2) is 0 Å². The van der Waals surface area contributed by atoms with Crippen molar-refractivity contribution < 1.29 is 9.53 Å². The van der Waals surface area contributed by atoms with Crippen LogP contribution in [-0.4, -0.2) is 28.2 Å². The Hall–Kier alpha value is -2.12. The zero-order valence-corrected chi connectivity index (χ0v) is 17.7. The monoisotopic (exact) mass is 413 g/mol. The topological polar surface area (TPSA) is 64.1 Å². The van der Waals surface area contributed by atoms with Crippen LogP contribution in [0.25, 0.3) is 10.2 Å². The number of rotatable bonds is 6. The third kappa shape index (κ3) is 3.73. The van der Waals surface area contributed by atoms with E-state index < -0.39 is 0 Å². The molecule has 1 N–H and O–H groups in total. The summed E-state index contributed by atoms with van der Waals surface area (Å²) in [7, 11) is 1.61. The molecule has 7 heteroatoms. The first-order valence-electron chi connectivity index (χ1n) is 9.57. The van der Waals surface area contributed by atoms with Gasteiger partial charge in [-0.15, -0.1) is 11.3 Å². The summed E-state index contributed by atoms with van der Waals surface area (Å²) in [5.41, 5.74) is 2.09. The van der Waals surface area contributed by atoms with Gasteiger partial charge in [0, 0.05) is 10.3 Å². The fraction of sp³-hybridized carbons (Fsp3) is 0.381. The van der Waals surface area contributed by atoms with Crippen LogP contribution in [0.3, 0.4) is 0 Å². The summed E-state index contributed by atoms with van der Waals surface area (Å²) in [6.45, 7) is 2.03. The number of carbonyl (C=O) groups excluding carboxylic acids is 1. The Morgan fingerprint density at radius 1 is 1.29 bits per heavy atom. The molecular formula is C21H23N3O2S2. The highest BCUT2D eigenvalue weighted by molar-refractivity contribution is 8.00. The number of nitrogens with one attached hydrogen (secondary N) is 1. The van der Waals surface area contributed by atoms with Crippen molar-refractivity contribution in [3.63, 3.8) is 0 Å². The Labute approximate surface area is 172 Å². The molecule has 1 aliphatic rings. The number of thiophene rings is 1. The first-order valence-corrected chi connectivity index (χ1v) is 11.3. The average Bonchev–Trinajstić information content (AvgIpc) is 3.11. The van der Waals surface area contributed by atoms with E-state index in [4.69, 9.17) is 4.74 Å². The van der Waals surface area contributed by atoms with Gasteiger partial charge in [0.25, 0.3) is 0 Å². The number of aromatic nitrogens is 2. The van der Waals surface area contributed by atoms with Crippen molar-refractivity contribution >= 4 is 44.9 Å². The van der Waals surface area contributed by atoms with E-state index in [0.29, 0.717) is 17.9 Å².